The fraction of sp³-hybridized carbons (Fsp3) is 0.619. The molecule has 1 saturated heterocycles. The van der Waals surface area contributed by atoms with Gasteiger partial charge in [-0.15, -0.1) is 24.0 Å². The molecule has 29 heavy (non-hydrogen) atoms. The van der Waals surface area contributed by atoms with Gasteiger partial charge in [-0.3, -0.25) is 9.79 Å². The smallest absolute Gasteiger partial charge is 0.251 e. The number of ether oxygens (including phenoxy) is 1. The number of piperidine rings is 1. The molecule has 1 aromatic rings. The summed E-state index contributed by atoms with van der Waals surface area (Å²) in [6, 6.07) is 7.78. The molecule has 7 nitrogen and oxygen atoms in total. The van der Waals surface area contributed by atoms with Gasteiger partial charge in [-0.1, -0.05) is 6.42 Å². The molecule has 1 aliphatic heterocycles. The number of halogens is 1. The van der Waals surface area contributed by atoms with Gasteiger partial charge in [0.15, 0.2) is 5.96 Å². The second-order valence-corrected chi connectivity index (χ2v) is 7.14. The fourth-order valence-corrected chi connectivity index (χ4v) is 3.40. The van der Waals surface area contributed by atoms with Crippen LogP contribution in [-0.2, 0) is 0 Å². The van der Waals surface area contributed by atoms with E-state index in [1.807, 2.05) is 0 Å². The summed E-state index contributed by atoms with van der Waals surface area (Å²) in [5.41, 5.74) is 0.621. The molecule has 0 saturated carbocycles. The van der Waals surface area contributed by atoms with Crippen LogP contribution in [-0.4, -0.2) is 69.7 Å². The number of nitrogens with zero attached hydrogens (tertiary/aromatic N) is 2. The maximum absolute atomic E-state index is 12.1. The van der Waals surface area contributed by atoms with E-state index in [4.69, 9.17) is 4.74 Å². The van der Waals surface area contributed by atoms with E-state index in [2.05, 4.69) is 32.8 Å². The van der Waals surface area contributed by atoms with E-state index in [9.17, 15) is 4.79 Å². The number of amides is 1. The van der Waals surface area contributed by atoms with E-state index < -0.39 is 0 Å². The minimum Gasteiger partial charge on any atom is -0.497 e. The summed E-state index contributed by atoms with van der Waals surface area (Å²) in [4.78, 5) is 18.9. The van der Waals surface area contributed by atoms with Crippen molar-refractivity contribution >= 4 is 35.8 Å². The van der Waals surface area contributed by atoms with E-state index in [1.54, 1.807) is 38.4 Å². The van der Waals surface area contributed by atoms with E-state index in [-0.39, 0.29) is 29.9 Å². The Bertz CT molecular complexity index is 624. The van der Waals surface area contributed by atoms with Crippen LogP contribution in [0.1, 0.15) is 43.0 Å². The summed E-state index contributed by atoms with van der Waals surface area (Å²) in [6.45, 7) is 6.71. The largest absolute Gasteiger partial charge is 0.497 e. The van der Waals surface area contributed by atoms with Crippen molar-refractivity contribution in [1.29, 1.82) is 0 Å². The number of aliphatic imine (C=N–C) groups is 1. The summed E-state index contributed by atoms with van der Waals surface area (Å²) >= 11 is 0. The number of benzene rings is 1. The molecule has 1 atom stereocenters. The van der Waals surface area contributed by atoms with Crippen LogP contribution in [0, 0.1) is 0 Å². The summed E-state index contributed by atoms with van der Waals surface area (Å²) in [6.07, 6.45) is 5.10. The van der Waals surface area contributed by atoms with Gasteiger partial charge in [-0.25, -0.2) is 0 Å². The van der Waals surface area contributed by atoms with Gasteiger partial charge in [0.05, 0.1) is 7.11 Å². The molecule has 0 aromatic heterocycles. The maximum Gasteiger partial charge on any atom is 0.251 e. The highest BCUT2D eigenvalue weighted by Gasteiger charge is 2.17. The van der Waals surface area contributed by atoms with Gasteiger partial charge < -0.3 is 25.6 Å². The second-order valence-electron chi connectivity index (χ2n) is 7.14. The lowest BCUT2D eigenvalue weighted by molar-refractivity contribution is 0.0954. The number of guanidine groups is 1. The lowest BCUT2D eigenvalue weighted by Gasteiger charge is -2.33. The summed E-state index contributed by atoms with van der Waals surface area (Å²) in [5.74, 6) is 1.41. The number of carbonyl (C=O) groups is 1. The number of nitrogens with one attached hydrogen (secondary N) is 3. The first kappa shape index (κ1) is 25.5. The summed E-state index contributed by atoms with van der Waals surface area (Å²) < 4.78 is 5.10. The third-order valence-corrected chi connectivity index (χ3v) is 5.13. The lowest BCUT2D eigenvalue weighted by atomic mass is 10.0. The Morgan fingerprint density at radius 3 is 2.48 bits per heavy atom. The maximum atomic E-state index is 12.1. The number of likely N-dealkylation sites (tertiary alicyclic amines) is 1. The molecule has 1 aromatic carbocycles. The predicted molar refractivity (Wildman–Crippen MR) is 130 cm³/mol. The van der Waals surface area contributed by atoms with Crippen molar-refractivity contribution < 1.29 is 9.53 Å². The van der Waals surface area contributed by atoms with Crippen molar-refractivity contribution in [2.75, 3.05) is 46.9 Å². The molecule has 1 amide bonds. The highest BCUT2D eigenvalue weighted by atomic mass is 127. The van der Waals surface area contributed by atoms with Crippen LogP contribution in [0.2, 0.25) is 0 Å². The molecule has 0 bridgehead atoms. The molecular weight excluding hydrogens is 481 g/mol. The quantitative estimate of drug-likeness (QED) is 0.203. The highest BCUT2D eigenvalue weighted by Crippen LogP contribution is 2.16. The Labute approximate surface area is 192 Å². The number of methoxy groups -OCH3 is 1. The van der Waals surface area contributed by atoms with Crippen LogP contribution in [0.15, 0.2) is 29.3 Å². The normalized spacial score (nSPS) is 17.2. The highest BCUT2D eigenvalue weighted by molar-refractivity contribution is 14.0. The second kappa shape index (κ2) is 14.4. The first-order chi connectivity index (χ1) is 13.6. The minimum atomic E-state index is -0.0944. The van der Waals surface area contributed by atoms with E-state index in [0.29, 0.717) is 24.7 Å². The summed E-state index contributed by atoms with van der Waals surface area (Å²) in [5, 5.41) is 9.47. The third-order valence-electron chi connectivity index (χ3n) is 5.13. The summed E-state index contributed by atoms with van der Waals surface area (Å²) in [7, 11) is 3.37. The van der Waals surface area contributed by atoms with Gasteiger partial charge in [0.25, 0.3) is 5.91 Å². The van der Waals surface area contributed by atoms with Crippen LogP contribution in [0.25, 0.3) is 0 Å². The van der Waals surface area contributed by atoms with Gasteiger partial charge >= 0.3 is 0 Å². The SMILES string of the molecule is CN=C(NCCCN1CCCCC1C)NCCNC(=O)c1ccc(OC)cc1.I. The van der Waals surface area contributed by atoms with Gasteiger partial charge in [-0.2, -0.15) is 0 Å². The minimum absolute atomic E-state index is 0. The monoisotopic (exact) mass is 517 g/mol. The van der Waals surface area contributed by atoms with E-state index >= 15 is 0 Å². The van der Waals surface area contributed by atoms with Gasteiger partial charge in [0.2, 0.25) is 0 Å². The molecule has 0 radical (unpaired) electrons. The first-order valence-corrected chi connectivity index (χ1v) is 10.2. The van der Waals surface area contributed by atoms with Gasteiger partial charge in [0.1, 0.15) is 5.75 Å². The van der Waals surface area contributed by atoms with Gasteiger partial charge in [0, 0.05) is 44.8 Å². The lowest BCUT2D eigenvalue weighted by Crippen LogP contribution is -2.43. The van der Waals surface area contributed by atoms with E-state index in [0.717, 1.165) is 31.2 Å². The molecule has 3 N–H and O–H groups in total. The molecule has 1 unspecified atom stereocenters. The molecular formula is C21H36IN5O2. The van der Waals surface area contributed by atoms with Crippen molar-refractivity contribution in [3.8, 4) is 5.75 Å². The number of hydrogen-bond acceptors (Lipinski definition) is 4. The Morgan fingerprint density at radius 2 is 1.83 bits per heavy atom. The van der Waals surface area contributed by atoms with E-state index in [1.165, 1.54) is 25.8 Å². The molecule has 0 spiro atoms. The molecule has 2 rings (SSSR count). The third kappa shape index (κ3) is 9.20. The van der Waals surface area contributed by atoms with Crippen LogP contribution < -0.4 is 20.7 Å². The zero-order chi connectivity index (χ0) is 20.2. The number of carbonyl (C=O) groups excluding carboxylic acids is 1. The van der Waals surface area contributed by atoms with Crippen LogP contribution in [0.3, 0.4) is 0 Å². The molecule has 1 heterocycles. The molecule has 1 fully saturated rings. The molecule has 0 aliphatic carbocycles. The molecule has 8 heteroatoms. The van der Waals surface area contributed by atoms with Crippen LogP contribution in [0.5, 0.6) is 5.75 Å². The Hall–Kier alpha value is -1.55. The first-order valence-electron chi connectivity index (χ1n) is 10.2. The molecule has 164 valence electrons. The van der Waals surface area contributed by atoms with Crippen molar-refractivity contribution in [3.05, 3.63) is 29.8 Å². The predicted octanol–water partition coefficient (Wildman–Crippen LogP) is 2.47. The van der Waals surface area contributed by atoms with Crippen LogP contribution >= 0.6 is 24.0 Å². The van der Waals surface area contributed by atoms with Crippen molar-refractivity contribution in [2.45, 2.75) is 38.6 Å². The number of rotatable bonds is 9. The van der Waals surface area contributed by atoms with Gasteiger partial charge in [-0.05, 0) is 57.0 Å². The topological polar surface area (TPSA) is 78.0 Å². The van der Waals surface area contributed by atoms with Crippen molar-refractivity contribution in [3.63, 3.8) is 0 Å². The Morgan fingerprint density at radius 1 is 1.14 bits per heavy atom. The van der Waals surface area contributed by atoms with Crippen molar-refractivity contribution in [1.82, 2.24) is 20.9 Å². The Kier molecular flexibility index (Phi) is 12.7. The molecule has 1 aliphatic rings. The van der Waals surface area contributed by atoms with Crippen LogP contribution in [0.4, 0.5) is 0 Å². The number of hydrogen-bond donors (Lipinski definition) is 3. The zero-order valence-corrected chi connectivity index (χ0v) is 20.2. The standard InChI is InChI=1S/C21H35N5O2.HI/c1-17-7-4-5-15-26(17)16-6-12-24-21(22-2)25-14-13-23-20(27)18-8-10-19(28-3)11-9-18;/h8-11,17H,4-7,12-16H2,1-3H3,(H,23,27)(H2,22,24,25);1H. The fourth-order valence-electron chi connectivity index (χ4n) is 3.40. The Balaban J connectivity index is 0.00000420. The average Bonchev–Trinajstić information content (AvgIpc) is 2.73. The van der Waals surface area contributed by atoms with Crippen molar-refractivity contribution in [2.24, 2.45) is 4.99 Å². The average molecular weight is 517 g/mol. The zero-order valence-electron chi connectivity index (χ0n) is 17.9.